The molecule has 5 nitrogen and oxygen atoms in total. The SMILES string of the molecule is COc1ccc(CCNC(=O)[C@@H](C)OC(=O)c2cc(F)cc(F)c2)cc1. The minimum atomic E-state index is -1.09. The van der Waals surface area contributed by atoms with E-state index in [2.05, 4.69) is 5.32 Å². The van der Waals surface area contributed by atoms with Crippen LogP contribution in [0.4, 0.5) is 8.78 Å². The Kier molecular flexibility index (Phi) is 6.66. The fraction of sp³-hybridized carbons (Fsp3) is 0.263. The quantitative estimate of drug-likeness (QED) is 0.769. The van der Waals surface area contributed by atoms with Crippen molar-refractivity contribution in [1.29, 1.82) is 0 Å². The highest BCUT2D eigenvalue weighted by Crippen LogP contribution is 2.12. The van der Waals surface area contributed by atoms with Crippen molar-refractivity contribution in [3.8, 4) is 5.75 Å². The standard InChI is InChI=1S/C19H19F2NO4/c1-12(26-19(24)14-9-15(20)11-16(21)10-14)18(23)22-8-7-13-3-5-17(25-2)6-4-13/h3-6,9-12H,7-8H2,1-2H3,(H,22,23)/t12-/m1/s1. The van der Waals surface area contributed by atoms with Crippen molar-refractivity contribution in [2.24, 2.45) is 0 Å². The van der Waals surface area contributed by atoms with Crippen molar-refractivity contribution in [1.82, 2.24) is 5.32 Å². The summed E-state index contributed by atoms with van der Waals surface area (Å²) in [5.41, 5.74) is 0.714. The number of benzene rings is 2. The van der Waals surface area contributed by atoms with Crippen LogP contribution in [0.3, 0.4) is 0 Å². The van der Waals surface area contributed by atoms with Crippen LogP contribution in [0, 0.1) is 11.6 Å². The van der Waals surface area contributed by atoms with E-state index in [1.54, 1.807) is 7.11 Å². The van der Waals surface area contributed by atoms with Crippen LogP contribution in [0.1, 0.15) is 22.8 Å². The summed E-state index contributed by atoms with van der Waals surface area (Å²) >= 11 is 0. The van der Waals surface area contributed by atoms with Gasteiger partial charge in [-0.3, -0.25) is 4.79 Å². The Balaban J connectivity index is 1.81. The number of hydrogen-bond acceptors (Lipinski definition) is 4. The van der Waals surface area contributed by atoms with Crippen LogP contribution in [0.5, 0.6) is 5.75 Å². The third kappa shape index (κ3) is 5.54. The lowest BCUT2D eigenvalue weighted by molar-refractivity contribution is -0.129. The van der Waals surface area contributed by atoms with Crippen molar-refractivity contribution >= 4 is 11.9 Å². The monoisotopic (exact) mass is 363 g/mol. The second-order valence-corrected chi connectivity index (χ2v) is 5.59. The van der Waals surface area contributed by atoms with Gasteiger partial charge in [-0.15, -0.1) is 0 Å². The maximum Gasteiger partial charge on any atom is 0.339 e. The fourth-order valence-electron chi connectivity index (χ4n) is 2.22. The molecular formula is C19H19F2NO4. The van der Waals surface area contributed by atoms with Gasteiger partial charge in [0.1, 0.15) is 17.4 Å². The summed E-state index contributed by atoms with van der Waals surface area (Å²) in [6, 6.07) is 9.74. The molecule has 1 N–H and O–H groups in total. The summed E-state index contributed by atoms with van der Waals surface area (Å²) in [4.78, 5) is 23.9. The summed E-state index contributed by atoms with van der Waals surface area (Å²) < 4.78 is 36.3. The Morgan fingerprint density at radius 1 is 1.08 bits per heavy atom. The molecule has 0 heterocycles. The van der Waals surface area contributed by atoms with Gasteiger partial charge in [-0.1, -0.05) is 12.1 Å². The van der Waals surface area contributed by atoms with Gasteiger partial charge in [-0.05, 0) is 43.2 Å². The molecule has 138 valence electrons. The van der Waals surface area contributed by atoms with Crippen LogP contribution < -0.4 is 10.1 Å². The number of carbonyl (C=O) groups is 2. The summed E-state index contributed by atoms with van der Waals surface area (Å²) in [6.45, 7) is 1.73. The molecule has 1 amide bonds. The van der Waals surface area contributed by atoms with Gasteiger partial charge < -0.3 is 14.8 Å². The van der Waals surface area contributed by atoms with Crippen molar-refractivity contribution in [2.45, 2.75) is 19.4 Å². The van der Waals surface area contributed by atoms with Crippen molar-refractivity contribution in [3.05, 3.63) is 65.2 Å². The van der Waals surface area contributed by atoms with Crippen molar-refractivity contribution < 1.29 is 27.8 Å². The summed E-state index contributed by atoms with van der Waals surface area (Å²) in [6.07, 6.45) is -0.504. The van der Waals surface area contributed by atoms with E-state index in [0.717, 1.165) is 23.4 Å². The first kappa shape index (κ1) is 19.4. The lowest BCUT2D eigenvalue weighted by atomic mass is 10.1. The smallest absolute Gasteiger partial charge is 0.339 e. The van der Waals surface area contributed by atoms with E-state index in [0.29, 0.717) is 19.0 Å². The van der Waals surface area contributed by atoms with Gasteiger partial charge in [0.25, 0.3) is 5.91 Å². The average Bonchev–Trinajstić information content (AvgIpc) is 2.61. The van der Waals surface area contributed by atoms with E-state index in [-0.39, 0.29) is 5.56 Å². The topological polar surface area (TPSA) is 64.6 Å². The van der Waals surface area contributed by atoms with E-state index in [1.807, 2.05) is 24.3 Å². The first-order chi connectivity index (χ1) is 12.4. The van der Waals surface area contributed by atoms with Crippen molar-refractivity contribution in [3.63, 3.8) is 0 Å². The first-order valence-corrected chi connectivity index (χ1v) is 7.96. The molecule has 0 spiro atoms. The van der Waals surface area contributed by atoms with Crippen molar-refractivity contribution in [2.75, 3.05) is 13.7 Å². The van der Waals surface area contributed by atoms with Gasteiger partial charge in [0, 0.05) is 12.6 Å². The third-order valence-electron chi connectivity index (χ3n) is 3.62. The lowest BCUT2D eigenvalue weighted by Gasteiger charge is -2.13. The Hall–Kier alpha value is -2.96. The Morgan fingerprint density at radius 2 is 1.69 bits per heavy atom. The molecule has 0 fully saturated rings. The molecule has 0 bridgehead atoms. The molecule has 2 rings (SSSR count). The highest BCUT2D eigenvalue weighted by atomic mass is 19.1. The molecule has 0 aromatic heterocycles. The van der Waals surface area contributed by atoms with E-state index in [1.165, 1.54) is 6.92 Å². The zero-order valence-corrected chi connectivity index (χ0v) is 14.4. The minimum Gasteiger partial charge on any atom is -0.497 e. The second kappa shape index (κ2) is 8.94. The summed E-state index contributed by atoms with van der Waals surface area (Å²) in [5.74, 6) is -2.51. The van der Waals surface area contributed by atoms with E-state index >= 15 is 0 Å². The number of ether oxygens (including phenoxy) is 2. The van der Waals surface area contributed by atoms with Crippen LogP contribution in [0.2, 0.25) is 0 Å². The predicted octanol–water partition coefficient (Wildman–Crippen LogP) is 2.88. The molecule has 0 saturated carbocycles. The van der Waals surface area contributed by atoms with Gasteiger partial charge in [-0.25, -0.2) is 13.6 Å². The van der Waals surface area contributed by atoms with Gasteiger partial charge >= 0.3 is 5.97 Å². The van der Waals surface area contributed by atoms with Crippen LogP contribution in [-0.4, -0.2) is 31.6 Å². The minimum absolute atomic E-state index is 0.291. The third-order valence-corrected chi connectivity index (χ3v) is 3.62. The lowest BCUT2D eigenvalue weighted by Crippen LogP contribution is -2.36. The molecule has 0 saturated heterocycles. The number of carbonyl (C=O) groups excluding carboxylic acids is 2. The molecule has 26 heavy (non-hydrogen) atoms. The average molecular weight is 363 g/mol. The van der Waals surface area contributed by atoms with E-state index < -0.39 is 29.6 Å². The molecular weight excluding hydrogens is 344 g/mol. The molecule has 7 heteroatoms. The molecule has 2 aromatic rings. The fourth-order valence-corrected chi connectivity index (χ4v) is 2.22. The van der Waals surface area contributed by atoms with Gasteiger partial charge in [0.2, 0.25) is 0 Å². The molecule has 0 unspecified atom stereocenters. The number of amides is 1. The zero-order valence-electron chi connectivity index (χ0n) is 14.4. The molecule has 0 aliphatic heterocycles. The molecule has 0 radical (unpaired) electrons. The Morgan fingerprint density at radius 3 is 2.27 bits per heavy atom. The largest absolute Gasteiger partial charge is 0.497 e. The maximum absolute atomic E-state index is 13.1. The number of rotatable bonds is 7. The summed E-state index contributed by atoms with van der Waals surface area (Å²) in [5, 5.41) is 2.64. The maximum atomic E-state index is 13.1. The van der Waals surface area contributed by atoms with Crippen LogP contribution in [0.15, 0.2) is 42.5 Å². The van der Waals surface area contributed by atoms with Crippen LogP contribution >= 0.6 is 0 Å². The highest BCUT2D eigenvalue weighted by Gasteiger charge is 2.19. The predicted molar refractivity (Wildman–Crippen MR) is 90.9 cm³/mol. The Bertz CT molecular complexity index is 757. The number of nitrogens with one attached hydrogen (secondary N) is 1. The van der Waals surface area contributed by atoms with Gasteiger partial charge in [0.05, 0.1) is 12.7 Å². The number of hydrogen-bond donors (Lipinski definition) is 1. The van der Waals surface area contributed by atoms with Crippen LogP contribution in [0.25, 0.3) is 0 Å². The van der Waals surface area contributed by atoms with E-state index in [4.69, 9.17) is 9.47 Å². The first-order valence-electron chi connectivity index (χ1n) is 7.96. The zero-order chi connectivity index (χ0) is 19.1. The molecule has 2 aromatic carbocycles. The highest BCUT2D eigenvalue weighted by molar-refractivity contribution is 5.92. The number of methoxy groups -OCH3 is 1. The summed E-state index contributed by atoms with van der Waals surface area (Å²) in [7, 11) is 1.58. The number of halogens is 2. The number of esters is 1. The molecule has 0 aliphatic carbocycles. The van der Waals surface area contributed by atoms with Gasteiger partial charge in [-0.2, -0.15) is 0 Å². The molecule has 1 atom stereocenters. The second-order valence-electron chi connectivity index (χ2n) is 5.59. The van der Waals surface area contributed by atoms with E-state index in [9.17, 15) is 18.4 Å². The van der Waals surface area contributed by atoms with Gasteiger partial charge in [0.15, 0.2) is 6.10 Å². The van der Waals surface area contributed by atoms with Crippen LogP contribution in [-0.2, 0) is 16.0 Å². The Labute approximate surface area is 149 Å². The molecule has 0 aliphatic rings. The normalized spacial score (nSPS) is 11.5.